The molecule has 130 valence electrons. The molecule has 0 bridgehead atoms. The Kier molecular flexibility index (Phi) is 5.46. The van der Waals surface area contributed by atoms with Gasteiger partial charge in [0.15, 0.2) is 0 Å². The highest BCUT2D eigenvalue weighted by Crippen LogP contribution is 2.16. The summed E-state index contributed by atoms with van der Waals surface area (Å²) in [4.78, 5) is 10.5. The highest BCUT2D eigenvalue weighted by molar-refractivity contribution is 7.89. The highest BCUT2D eigenvalue weighted by atomic mass is 32.2. The van der Waals surface area contributed by atoms with Crippen LogP contribution in [0.25, 0.3) is 0 Å². The van der Waals surface area contributed by atoms with Crippen molar-refractivity contribution in [1.29, 1.82) is 5.26 Å². The molecular weight excluding hydrogens is 354 g/mol. The van der Waals surface area contributed by atoms with Crippen molar-refractivity contribution in [2.24, 2.45) is 0 Å². The van der Waals surface area contributed by atoms with Gasteiger partial charge in [-0.1, -0.05) is 12.1 Å². The summed E-state index contributed by atoms with van der Waals surface area (Å²) in [5, 5.41) is 18.0. The zero-order chi connectivity index (χ0) is 18.6. The predicted molar refractivity (Wildman–Crippen MR) is 83.0 cm³/mol. The molecule has 2 rings (SSSR count). The van der Waals surface area contributed by atoms with E-state index < -0.39 is 38.6 Å². The second-order valence-corrected chi connectivity index (χ2v) is 6.78. The third kappa shape index (κ3) is 4.59. The summed E-state index contributed by atoms with van der Waals surface area (Å²) in [6.07, 6.45) is -0.219. The maximum atomic E-state index is 13.7. The summed E-state index contributed by atoms with van der Waals surface area (Å²) in [6.45, 7) is 0. The van der Waals surface area contributed by atoms with Gasteiger partial charge in [-0.2, -0.15) is 9.98 Å². The average molecular weight is 366 g/mol. The quantitative estimate of drug-likeness (QED) is 0.811. The van der Waals surface area contributed by atoms with Gasteiger partial charge in [0.2, 0.25) is 10.0 Å². The Morgan fingerprint density at radius 3 is 2.36 bits per heavy atom. The van der Waals surface area contributed by atoms with E-state index in [-0.39, 0.29) is 6.42 Å². The maximum absolute atomic E-state index is 13.7. The largest absolute Gasteiger partial charge is 0.480 e. The minimum atomic E-state index is -4.51. The standard InChI is InChI=1S/C16H12F2N2O4S/c17-12-5-6-15(13(18)8-12)25(23,24)20-14(16(21)22)7-10-1-3-11(9-19)4-2-10/h1-6,8,14,20H,7H2,(H,21,22). The summed E-state index contributed by atoms with van der Waals surface area (Å²) in [5.74, 6) is -3.74. The Balaban J connectivity index is 2.25. The monoisotopic (exact) mass is 366 g/mol. The van der Waals surface area contributed by atoms with E-state index in [1.165, 1.54) is 24.3 Å². The van der Waals surface area contributed by atoms with Gasteiger partial charge in [-0.05, 0) is 36.2 Å². The fraction of sp³-hybridized carbons (Fsp3) is 0.125. The van der Waals surface area contributed by atoms with Crippen molar-refractivity contribution in [2.75, 3.05) is 0 Å². The van der Waals surface area contributed by atoms with Gasteiger partial charge in [-0.15, -0.1) is 0 Å². The summed E-state index contributed by atoms with van der Waals surface area (Å²) in [6, 6.07) is 8.10. The van der Waals surface area contributed by atoms with E-state index in [1.54, 1.807) is 0 Å². The van der Waals surface area contributed by atoms with Crippen molar-refractivity contribution in [3.05, 3.63) is 65.2 Å². The van der Waals surface area contributed by atoms with Gasteiger partial charge < -0.3 is 5.11 Å². The van der Waals surface area contributed by atoms with Gasteiger partial charge in [0.05, 0.1) is 11.6 Å². The fourth-order valence-electron chi connectivity index (χ4n) is 2.07. The van der Waals surface area contributed by atoms with Gasteiger partial charge in [-0.3, -0.25) is 4.79 Å². The first-order chi connectivity index (χ1) is 11.7. The normalized spacial score (nSPS) is 12.4. The number of halogens is 2. The van der Waals surface area contributed by atoms with Gasteiger partial charge >= 0.3 is 5.97 Å². The summed E-state index contributed by atoms with van der Waals surface area (Å²) in [5.41, 5.74) is 0.832. The number of nitrogens with zero attached hydrogens (tertiary/aromatic N) is 1. The van der Waals surface area contributed by atoms with Crippen LogP contribution < -0.4 is 4.72 Å². The number of carboxylic acids is 1. The molecule has 0 aliphatic rings. The lowest BCUT2D eigenvalue weighted by molar-refractivity contribution is -0.138. The van der Waals surface area contributed by atoms with E-state index in [4.69, 9.17) is 5.26 Å². The number of sulfonamides is 1. The van der Waals surface area contributed by atoms with Crippen LogP contribution in [0.4, 0.5) is 8.78 Å². The Hall–Kier alpha value is -2.83. The molecule has 0 radical (unpaired) electrons. The molecule has 0 saturated carbocycles. The van der Waals surface area contributed by atoms with Crippen molar-refractivity contribution in [1.82, 2.24) is 4.72 Å². The molecule has 0 aliphatic heterocycles. The molecule has 9 heteroatoms. The van der Waals surface area contributed by atoms with E-state index >= 15 is 0 Å². The number of hydrogen-bond acceptors (Lipinski definition) is 4. The molecule has 0 saturated heterocycles. The molecule has 0 fully saturated rings. The van der Waals surface area contributed by atoms with Gasteiger partial charge in [0.25, 0.3) is 0 Å². The average Bonchev–Trinajstić information content (AvgIpc) is 2.54. The molecule has 2 aromatic carbocycles. The van der Waals surface area contributed by atoms with Crippen LogP contribution in [0.1, 0.15) is 11.1 Å². The second-order valence-electron chi connectivity index (χ2n) is 5.10. The summed E-state index contributed by atoms with van der Waals surface area (Å²) >= 11 is 0. The van der Waals surface area contributed by atoms with E-state index in [9.17, 15) is 27.1 Å². The van der Waals surface area contributed by atoms with Crippen molar-refractivity contribution >= 4 is 16.0 Å². The van der Waals surface area contributed by atoms with Crippen LogP contribution in [0.3, 0.4) is 0 Å². The minimum Gasteiger partial charge on any atom is -0.480 e. The van der Waals surface area contributed by atoms with E-state index in [0.29, 0.717) is 23.3 Å². The zero-order valence-corrected chi connectivity index (χ0v) is 13.4. The van der Waals surface area contributed by atoms with Gasteiger partial charge in [-0.25, -0.2) is 17.2 Å². The van der Waals surface area contributed by atoms with Crippen LogP contribution in [0.2, 0.25) is 0 Å². The first kappa shape index (κ1) is 18.5. The lowest BCUT2D eigenvalue weighted by Crippen LogP contribution is -2.42. The fourth-order valence-corrected chi connectivity index (χ4v) is 3.32. The van der Waals surface area contributed by atoms with Crippen LogP contribution in [0, 0.1) is 23.0 Å². The molecule has 0 aromatic heterocycles. The first-order valence-electron chi connectivity index (χ1n) is 6.92. The number of nitriles is 1. The Labute approximate surface area is 142 Å². The predicted octanol–water partition coefficient (Wildman–Crippen LogP) is 1.81. The number of carboxylic acid groups (broad SMARTS) is 1. The van der Waals surface area contributed by atoms with Crippen molar-refractivity contribution in [2.45, 2.75) is 17.4 Å². The highest BCUT2D eigenvalue weighted by Gasteiger charge is 2.27. The van der Waals surface area contributed by atoms with Crippen LogP contribution in [-0.2, 0) is 21.2 Å². The summed E-state index contributed by atoms with van der Waals surface area (Å²) < 4.78 is 52.8. The number of carbonyl (C=O) groups is 1. The number of hydrogen-bond donors (Lipinski definition) is 2. The lowest BCUT2D eigenvalue weighted by Gasteiger charge is -2.15. The molecule has 25 heavy (non-hydrogen) atoms. The topological polar surface area (TPSA) is 107 Å². The second kappa shape index (κ2) is 7.38. The number of rotatable bonds is 6. The van der Waals surface area contributed by atoms with Crippen molar-refractivity contribution < 1.29 is 27.1 Å². The van der Waals surface area contributed by atoms with Gasteiger partial charge in [0, 0.05) is 6.07 Å². The molecule has 0 heterocycles. The van der Waals surface area contributed by atoms with Crippen LogP contribution in [-0.4, -0.2) is 25.5 Å². The van der Waals surface area contributed by atoms with E-state index in [1.807, 2.05) is 10.8 Å². The maximum Gasteiger partial charge on any atom is 0.322 e. The number of aliphatic carboxylic acids is 1. The number of benzene rings is 2. The molecule has 0 amide bonds. The summed E-state index contributed by atoms with van der Waals surface area (Å²) in [7, 11) is -4.51. The van der Waals surface area contributed by atoms with Crippen molar-refractivity contribution in [3.8, 4) is 6.07 Å². The Morgan fingerprint density at radius 2 is 1.84 bits per heavy atom. The molecule has 1 atom stereocenters. The molecule has 6 nitrogen and oxygen atoms in total. The van der Waals surface area contributed by atoms with Crippen molar-refractivity contribution in [3.63, 3.8) is 0 Å². The molecule has 0 aliphatic carbocycles. The third-order valence-corrected chi connectivity index (χ3v) is 4.81. The number of nitrogens with one attached hydrogen (secondary N) is 1. The molecule has 2 aromatic rings. The van der Waals surface area contributed by atoms with E-state index in [2.05, 4.69) is 0 Å². The van der Waals surface area contributed by atoms with E-state index in [0.717, 1.165) is 6.07 Å². The Bertz CT molecular complexity index is 938. The minimum absolute atomic E-state index is 0.219. The van der Waals surface area contributed by atoms with Crippen LogP contribution in [0.15, 0.2) is 47.4 Å². The lowest BCUT2D eigenvalue weighted by atomic mass is 10.1. The zero-order valence-electron chi connectivity index (χ0n) is 12.6. The van der Waals surface area contributed by atoms with Crippen LogP contribution in [0.5, 0.6) is 0 Å². The third-order valence-electron chi connectivity index (χ3n) is 3.30. The van der Waals surface area contributed by atoms with Crippen LogP contribution >= 0.6 is 0 Å². The Morgan fingerprint density at radius 1 is 1.20 bits per heavy atom. The molecule has 0 spiro atoms. The molecular formula is C16H12F2N2O4S. The van der Waals surface area contributed by atoms with Gasteiger partial charge in [0.1, 0.15) is 22.6 Å². The first-order valence-corrected chi connectivity index (χ1v) is 8.40. The SMILES string of the molecule is N#Cc1ccc(CC(NS(=O)(=O)c2ccc(F)cc2F)C(=O)O)cc1. The molecule has 1 unspecified atom stereocenters. The molecule has 2 N–H and O–H groups in total. The smallest absolute Gasteiger partial charge is 0.322 e.